The molecule has 0 aliphatic carbocycles. The van der Waals surface area contributed by atoms with Crippen molar-refractivity contribution >= 4 is 23.4 Å². The van der Waals surface area contributed by atoms with Crippen LogP contribution in [0, 0.1) is 0 Å². The van der Waals surface area contributed by atoms with Crippen molar-refractivity contribution in [3.05, 3.63) is 54.4 Å². The van der Waals surface area contributed by atoms with Crippen molar-refractivity contribution in [3.63, 3.8) is 0 Å². The lowest BCUT2D eigenvalue weighted by Crippen LogP contribution is -2.30. The smallest absolute Gasteiger partial charge is 0.237 e. The Kier molecular flexibility index (Phi) is 4.23. The molecule has 0 spiro atoms. The number of carbonyl (C=O) groups excluding carboxylic acids is 1. The Balaban J connectivity index is 1.46. The summed E-state index contributed by atoms with van der Waals surface area (Å²) in [5.74, 6) is 1.21. The number of rotatable bonds is 4. The van der Waals surface area contributed by atoms with Gasteiger partial charge in [-0.25, -0.2) is 0 Å². The highest BCUT2D eigenvalue weighted by molar-refractivity contribution is 7.99. The van der Waals surface area contributed by atoms with Crippen LogP contribution in [-0.4, -0.2) is 38.0 Å². The standard InChI is InChI=1S/C18H17N5OS/c1-22-17(14-6-9-19-10-7-14)20-21-18(22)25-12-16(24)23-11-8-13-4-2-3-5-15(13)23/h2-7,9-10H,8,11-12H2,1H3. The molecule has 1 amide bonds. The van der Waals surface area contributed by atoms with Crippen LogP contribution in [0.1, 0.15) is 5.56 Å². The minimum absolute atomic E-state index is 0.100. The summed E-state index contributed by atoms with van der Waals surface area (Å²) in [5, 5.41) is 9.19. The summed E-state index contributed by atoms with van der Waals surface area (Å²) < 4.78 is 1.91. The second-order valence-electron chi connectivity index (χ2n) is 5.81. The van der Waals surface area contributed by atoms with E-state index in [-0.39, 0.29) is 5.91 Å². The molecule has 3 heterocycles. The summed E-state index contributed by atoms with van der Waals surface area (Å²) in [5.41, 5.74) is 3.22. The fourth-order valence-electron chi connectivity index (χ4n) is 2.99. The fourth-order valence-corrected chi connectivity index (χ4v) is 3.78. The molecule has 1 aliphatic heterocycles. The third-order valence-electron chi connectivity index (χ3n) is 4.29. The third-order valence-corrected chi connectivity index (χ3v) is 5.29. The molecule has 0 radical (unpaired) electrons. The molecular weight excluding hydrogens is 334 g/mol. The number of para-hydroxylation sites is 1. The average molecular weight is 351 g/mol. The van der Waals surface area contributed by atoms with Gasteiger partial charge in [-0.2, -0.15) is 0 Å². The van der Waals surface area contributed by atoms with Crippen LogP contribution in [0.5, 0.6) is 0 Å². The van der Waals surface area contributed by atoms with E-state index in [9.17, 15) is 4.79 Å². The zero-order chi connectivity index (χ0) is 17.2. The molecular formula is C18H17N5OS. The van der Waals surface area contributed by atoms with Gasteiger partial charge in [0.2, 0.25) is 5.91 Å². The van der Waals surface area contributed by atoms with E-state index < -0.39 is 0 Å². The van der Waals surface area contributed by atoms with Crippen molar-refractivity contribution in [2.24, 2.45) is 7.05 Å². The number of fused-ring (bicyclic) bond motifs is 1. The molecule has 6 nitrogen and oxygen atoms in total. The summed E-state index contributed by atoms with van der Waals surface area (Å²) in [4.78, 5) is 18.5. The SMILES string of the molecule is Cn1c(SCC(=O)N2CCc3ccccc32)nnc1-c1ccncc1. The predicted molar refractivity (Wildman–Crippen MR) is 97.5 cm³/mol. The number of anilines is 1. The Morgan fingerprint density at radius 3 is 2.80 bits per heavy atom. The maximum atomic E-state index is 12.6. The van der Waals surface area contributed by atoms with Crippen LogP contribution in [0.2, 0.25) is 0 Å². The van der Waals surface area contributed by atoms with Gasteiger partial charge in [-0.1, -0.05) is 30.0 Å². The number of nitrogens with zero attached hydrogens (tertiary/aromatic N) is 5. The first-order valence-corrected chi connectivity index (χ1v) is 9.03. The Morgan fingerprint density at radius 1 is 1.16 bits per heavy atom. The van der Waals surface area contributed by atoms with E-state index in [1.807, 2.05) is 46.8 Å². The summed E-state index contributed by atoms with van der Waals surface area (Å²) in [6, 6.07) is 11.9. The van der Waals surface area contributed by atoms with Gasteiger partial charge in [-0.05, 0) is 30.2 Å². The van der Waals surface area contributed by atoms with Crippen LogP contribution in [0.3, 0.4) is 0 Å². The van der Waals surface area contributed by atoms with Crippen LogP contribution in [0.15, 0.2) is 53.9 Å². The van der Waals surface area contributed by atoms with E-state index >= 15 is 0 Å². The molecule has 0 atom stereocenters. The highest BCUT2D eigenvalue weighted by Gasteiger charge is 2.24. The minimum Gasteiger partial charge on any atom is -0.311 e. The highest BCUT2D eigenvalue weighted by atomic mass is 32.2. The first kappa shape index (κ1) is 15.8. The van der Waals surface area contributed by atoms with Crippen molar-refractivity contribution in [1.82, 2.24) is 19.7 Å². The van der Waals surface area contributed by atoms with E-state index in [1.165, 1.54) is 17.3 Å². The number of benzene rings is 1. The van der Waals surface area contributed by atoms with Crippen LogP contribution in [0.4, 0.5) is 5.69 Å². The number of carbonyl (C=O) groups is 1. The molecule has 7 heteroatoms. The van der Waals surface area contributed by atoms with Crippen molar-refractivity contribution in [2.45, 2.75) is 11.6 Å². The van der Waals surface area contributed by atoms with Gasteiger partial charge in [0.05, 0.1) is 5.75 Å². The summed E-state index contributed by atoms with van der Waals surface area (Å²) in [6.07, 6.45) is 4.37. The molecule has 0 fully saturated rings. The maximum absolute atomic E-state index is 12.6. The van der Waals surface area contributed by atoms with Crippen molar-refractivity contribution in [3.8, 4) is 11.4 Å². The van der Waals surface area contributed by atoms with Gasteiger partial charge in [-0.3, -0.25) is 9.78 Å². The normalized spacial score (nSPS) is 13.1. The van der Waals surface area contributed by atoms with Crippen LogP contribution >= 0.6 is 11.8 Å². The van der Waals surface area contributed by atoms with Crippen LogP contribution in [0.25, 0.3) is 11.4 Å². The molecule has 3 aromatic rings. The van der Waals surface area contributed by atoms with E-state index in [0.29, 0.717) is 5.75 Å². The zero-order valence-corrected chi connectivity index (χ0v) is 14.6. The van der Waals surface area contributed by atoms with Crippen molar-refractivity contribution in [1.29, 1.82) is 0 Å². The molecule has 0 bridgehead atoms. The molecule has 0 unspecified atom stereocenters. The lowest BCUT2D eigenvalue weighted by Gasteiger charge is -2.16. The molecule has 126 valence electrons. The molecule has 0 saturated heterocycles. The topological polar surface area (TPSA) is 63.9 Å². The Morgan fingerprint density at radius 2 is 1.96 bits per heavy atom. The second-order valence-corrected chi connectivity index (χ2v) is 6.76. The second kappa shape index (κ2) is 6.68. The first-order valence-electron chi connectivity index (χ1n) is 8.05. The maximum Gasteiger partial charge on any atom is 0.237 e. The Hall–Kier alpha value is -2.67. The highest BCUT2D eigenvalue weighted by Crippen LogP contribution is 2.29. The summed E-state index contributed by atoms with van der Waals surface area (Å²) in [7, 11) is 1.91. The monoisotopic (exact) mass is 351 g/mol. The lowest BCUT2D eigenvalue weighted by molar-refractivity contribution is -0.116. The molecule has 1 aromatic carbocycles. The molecule has 2 aromatic heterocycles. The Labute approximate surface area is 149 Å². The predicted octanol–water partition coefficient (Wildman–Crippen LogP) is 2.56. The molecule has 0 N–H and O–H groups in total. The van der Waals surface area contributed by atoms with Crippen molar-refractivity contribution in [2.75, 3.05) is 17.2 Å². The molecule has 4 rings (SSSR count). The third kappa shape index (κ3) is 3.02. The summed E-state index contributed by atoms with van der Waals surface area (Å²) in [6.45, 7) is 0.750. The minimum atomic E-state index is 0.100. The number of hydrogen-bond donors (Lipinski definition) is 0. The molecule has 1 aliphatic rings. The quantitative estimate of drug-likeness (QED) is 0.676. The Bertz CT molecular complexity index is 909. The van der Waals surface area contributed by atoms with Crippen LogP contribution < -0.4 is 4.90 Å². The van der Waals surface area contributed by atoms with Gasteiger partial charge >= 0.3 is 0 Å². The largest absolute Gasteiger partial charge is 0.311 e. The van der Waals surface area contributed by atoms with Gasteiger partial charge in [0.25, 0.3) is 0 Å². The van der Waals surface area contributed by atoms with Gasteiger partial charge in [0, 0.05) is 37.2 Å². The number of thioether (sulfide) groups is 1. The molecule has 0 saturated carbocycles. The van der Waals surface area contributed by atoms with Crippen LogP contribution in [-0.2, 0) is 18.3 Å². The average Bonchev–Trinajstić information content (AvgIpc) is 3.24. The fraction of sp³-hybridized carbons (Fsp3) is 0.222. The van der Waals surface area contributed by atoms with Gasteiger partial charge in [-0.15, -0.1) is 10.2 Å². The number of amides is 1. The van der Waals surface area contributed by atoms with E-state index in [0.717, 1.165) is 35.2 Å². The lowest BCUT2D eigenvalue weighted by atomic mass is 10.2. The number of pyridine rings is 1. The first-order chi connectivity index (χ1) is 12.2. The van der Waals surface area contributed by atoms with Crippen molar-refractivity contribution < 1.29 is 4.79 Å². The van der Waals surface area contributed by atoms with E-state index in [4.69, 9.17) is 0 Å². The van der Waals surface area contributed by atoms with Gasteiger partial charge in [0.15, 0.2) is 11.0 Å². The van der Waals surface area contributed by atoms with E-state index in [2.05, 4.69) is 21.2 Å². The van der Waals surface area contributed by atoms with Gasteiger partial charge in [0.1, 0.15) is 0 Å². The zero-order valence-electron chi connectivity index (χ0n) is 13.8. The number of hydrogen-bond acceptors (Lipinski definition) is 5. The van der Waals surface area contributed by atoms with E-state index in [1.54, 1.807) is 12.4 Å². The molecule has 25 heavy (non-hydrogen) atoms. The van der Waals surface area contributed by atoms with Gasteiger partial charge < -0.3 is 9.47 Å². The summed E-state index contributed by atoms with van der Waals surface area (Å²) >= 11 is 1.41. The number of aromatic nitrogens is 4.